The summed E-state index contributed by atoms with van der Waals surface area (Å²) in [5, 5.41) is 3.00. The Morgan fingerprint density at radius 3 is 2.68 bits per heavy atom. The molecular formula is C21H22N2O2. The molecule has 1 aliphatic heterocycles. The quantitative estimate of drug-likeness (QED) is 0.934. The normalized spacial score (nSPS) is 21.0. The number of hydrogen-bond acceptors (Lipinski definition) is 2. The number of nitrogens with zero attached hydrogens (tertiary/aromatic N) is 1. The summed E-state index contributed by atoms with van der Waals surface area (Å²) in [5.74, 6) is -0.345. The van der Waals surface area contributed by atoms with Crippen molar-refractivity contribution < 1.29 is 9.59 Å². The van der Waals surface area contributed by atoms with Crippen LogP contribution in [0, 0.1) is 25.7 Å². The minimum atomic E-state index is -0.208. The van der Waals surface area contributed by atoms with Crippen LogP contribution in [0.15, 0.2) is 42.5 Å². The number of anilines is 2. The summed E-state index contributed by atoms with van der Waals surface area (Å²) in [6.45, 7) is 4.75. The van der Waals surface area contributed by atoms with Crippen LogP contribution in [0.1, 0.15) is 23.1 Å². The molecule has 2 atom stereocenters. The Morgan fingerprint density at radius 1 is 1.04 bits per heavy atom. The van der Waals surface area contributed by atoms with Crippen LogP contribution < -0.4 is 10.2 Å². The second-order valence-electron chi connectivity index (χ2n) is 7.05. The van der Waals surface area contributed by atoms with Crippen molar-refractivity contribution in [3.8, 4) is 0 Å². The van der Waals surface area contributed by atoms with Crippen LogP contribution in [0.4, 0.5) is 11.4 Å². The van der Waals surface area contributed by atoms with Gasteiger partial charge in [0.15, 0.2) is 0 Å². The van der Waals surface area contributed by atoms with Crippen molar-refractivity contribution in [3.05, 3.63) is 59.2 Å². The molecule has 1 N–H and O–H groups in total. The number of rotatable bonds is 3. The smallest absolute Gasteiger partial charge is 0.230 e. The van der Waals surface area contributed by atoms with Crippen molar-refractivity contribution in [1.82, 2.24) is 0 Å². The molecule has 4 heteroatoms. The van der Waals surface area contributed by atoms with Crippen LogP contribution in [0.3, 0.4) is 0 Å². The summed E-state index contributed by atoms with van der Waals surface area (Å²) >= 11 is 0. The highest BCUT2D eigenvalue weighted by Crippen LogP contribution is 2.43. The van der Waals surface area contributed by atoms with E-state index < -0.39 is 0 Å². The lowest BCUT2D eigenvalue weighted by Gasteiger charge is -2.17. The Hall–Kier alpha value is -2.62. The first-order valence-corrected chi connectivity index (χ1v) is 8.82. The number of nitrogens with one attached hydrogen (secondary N) is 1. The van der Waals surface area contributed by atoms with Crippen LogP contribution in [0.25, 0.3) is 0 Å². The topological polar surface area (TPSA) is 49.4 Å². The summed E-state index contributed by atoms with van der Waals surface area (Å²) in [7, 11) is 0. The first-order valence-electron chi connectivity index (χ1n) is 8.82. The summed E-state index contributed by atoms with van der Waals surface area (Å²) in [6.07, 6.45) is 1.54. The molecule has 2 amide bonds. The highest BCUT2D eigenvalue weighted by Gasteiger charge is 2.50. The number of fused-ring (bicyclic) bond motifs is 1. The van der Waals surface area contributed by atoms with Gasteiger partial charge in [-0.05, 0) is 55.5 Å². The second-order valence-corrected chi connectivity index (χ2v) is 7.05. The Balaban J connectivity index is 1.43. The maximum Gasteiger partial charge on any atom is 0.230 e. The molecule has 4 rings (SSSR count). The van der Waals surface area contributed by atoms with E-state index in [1.807, 2.05) is 55.1 Å². The molecule has 1 aliphatic carbocycles. The number of amides is 2. The molecule has 0 saturated heterocycles. The summed E-state index contributed by atoms with van der Waals surface area (Å²) < 4.78 is 0. The molecule has 0 radical (unpaired) electrons. The van der Waals surface area contributed by atoms with E-state index in [9.17, 15) is 9.59 Å². The van der Waals surface area contributed by atoms with E-state index in [1.165, 1.54) is 5.56 Å². The molecular weight excluding hydrogens is 312 g/mol. The number of aryl methyl sites for hydroxylation is 1. The average Bonchev–Trinajstić information content (AvgIpc) is 3.30. The molecule has 0 bridgehead atoms. The zero-order chi connectivity index (χ0) is 17.6. The molecule has 2 aromatic rings. The predicted molar refractivity (Wildman–Crippen MR) is 98.6 cm³/mol. The largest absolute Gasteiger partial charge is 0.326 e. The van der Waals surface area contributed by atoms with Gasteiger partial charge in [0.2, 0.25) is 11.8 Å². The van der Waals surface area contributed by atoms with E-state index in [-0.39, 0.29) is 23.7 Å². The molecule has 2 aromatic carbocycles. The molecule has 25 heavy (non-hydrogen) atoms. The van der Waals surface area contributed by atoms with E-state index in [4.69, 9.17) is 0 Å². The Morgan fingerprint density at radius 2 is 1.84 bits per heavy atom. The van der Waals surface area contributed by atoms with Crippen molar-refractivity contribution in [2.75, 3.05) is 16.8 Å². The lowest BCUT2D eigenvalue weighted by Crippen LogP contribution is -2.32. The van der Waals surface area contributed by atoms with Gasteiger partial charge in [0.25, 0.3) is 0 Å². The van der Waals surface area contributed by atoms with Gasteiger partial charge in [0.1, 0.15) is 0 Å². The predicted octanol–water partition coefficient (Wildman–Crippen LogP) is 3.47. The first kappa shape index (κ1) is 15.9. The maximum absolute atomic E-state index is 12.8. The Bertz CT molecular complexity index is 859. The van der Waals surface area contributed by atoms with E-state index in [2.05, 4.69) is 11.4 Å². The molecule has 0 aromatic heterocycles. The van der Waals surface area contributed by atoms with Gasteiger partial charge in [-0.2, -0.15) is 0 Å². The van der Waals surface area contributed by atoms with Gasteiger partial charge in [0.05, 0.1) is 11.8 Å². The highest BCUT2D eigenvalue weighted by atomic mass is 16.2. The Labute approximate surface area is 147 Å². The van der Waals surface area contributed by atoms with Crippen molar-refractivity contribution in [2.24, 2.45) is 11.8 Å². The number of benzene rings is 2. The van der Waals surface area contributed by atoms with Gasteiger partial charge in [-0.15, -0.1) is 0 Å². The monoisotopic (exact) mass is 334 g/mol. The van der Waals surface area contributed by atoms with Crippen molar-refractivity contribution >= 4 is 23.2 Å². The van der Waals surface area contributed by atoms with Crippen LogP contribution >= 0.6 is 0 Å². The van der Waals surface area contributed by atoms with E-state index >= 15 is 0 Å². The summed E-state index contributed by atoms with van der Waals surface area (Å²) in [5.41, 5.74) is 5.29. The number of carbonyl (C=O) groups excluding carboxylic acids is 2. The van der Waals surface area contributed by atoms with Crippen molar-refractivity contribution in [2.45, 2.75) is 26.7 Å². The maximum atomic E-state index is 12.8. The van der Waals surface area contributed by atoms with Gasteiger partial charge in [0, 0.05) is 17.9 Å². The molecule has 0 spiro atoms. The fourth-order valence-electron chi connectivity index (χ4n) is 3.64. The van der Waals surface area contributed by atoms with E-state index in [0.717, 1.165) is 35.5 Å². The third-order valence-electron chi connectivity index (χ3n) is 5.46. The third kappa shape index (κ3) is 2.82. The van der Waals surface area contributed by atoms with Gasteiger partial charge < -0.3 is 10.2 Å². The highest BCUT2D eigenvalue weighted by molar-refractivity contribution is 6.05. The SMILES string of the molecule is Cc1cccc(NC(=O)C2CC2C(=O)N2CCc3ccccc32)c1C. The van der Waals surface area contributed by atoms with Crippen LogP contribution in [0.5, 0.6) is 0 Å². The van der Waals surface area contributed by atoms with Gasteiger partial charge in [-0.1, -0.05) is 30.3 Å². The number of carbonyl (C=O) groups is 2. The van der Waals surface area contributed by atoms with Crippen molar-refractivity contribution in [3.63, 3.8) is 0 Å². The molecule has 2 unspecified atom stereocenters. The fourth-order valence-corrected chi connectivity index (χ4v) is 3.64. The Kier molecular flexibility index (Phi) is 3.83. The zero-order valence-electron chi connectivity index (χ0n) is 14.6. The summed E-state index contributed by atoms with van der Waals surface area (Å²) in [4.78, 5) is 27.2. The van der Waals surface area contributed by atoms with Crippen LogP contribution in [-0.4, -0.2) is 18.4 Å². The van der Waals surface area contributed by atoms with Gasteiger partial charge in [-0.3, -0.25) is 9.59 Å². The van der Waals surface area contributed by atoms with E-state index in [0.29, 0.717) is 6.42 Å². The zero-order valence-corrected chi connectivity index (χ0v) is 14.6. The second kappa shape index (κ2) is 6.03. The van der Waals surface area contributed by atoms with Gasteiger partial charge in [-0.25, -0.2) is 0 Å². The number of para-hydroxylation sites is 1. The lowest BCUT2D eigenvalue weighted by molar-refractivity contribution is -0.123. The molecule has 1 fully saturated rings. The molecule has 128 valence electrons. The number of hydrogen-bond donors (Lipinski definition) is 1. The van der Waals surface area contributed by atoms with E-state index in [1.54, 1.807) is 0 Å². The fraction of sp³-hybridized carbons (Fsp3) is 0.333. The third-order valence-corrected chi connectivity index (χ3v) is 5.46. The lowest BCUT2D eigenvalue weighted by atomic mass is 10.1. The van der Waals surface area contributed by atoms with Gasteiger partial charge >= 0.3 is 0 Å². The molecule has 1 saturated carbocycles. The summed E-state index contributed by atoms with van der Waals surface area (Å²) in [6, 6.07) is 13.9. The van der Waals surface area contributed by atoms with Crippen molar-refractivity contribution in [1.29, 1.82) is 0 Å². The van der Waals surface area contributed by atoms with Crippen LogP contribution in [-0.2, 0) is 16.0 Å². The average molecular weight is 334 g/mol. The molecule has 4 nitrogen and oxygen atoms in total. The first-order chi connectivity index (χ1) is 12.1. The minimum absolute atomic E-state index is 0.0421. The standard InChI is InChI=1S/C21H22N2O2/c1-13-6-5-8-18(14(13)2)22-20(24)16-12-17(16)21(25)23-11-10-15-7-3-4-9-19(15)23/h3-9,16-17H,10-12H2,1-2H3,(H,22,24). The minimum Gasteiger partial charge on any atom is -0.326 e. The molecule has 2 aliphatic rings. The molecule has 1 heterocycles. The van der Waals surface area contributed by atoms with Crippen LogP contribution in [0.2, 0.25) is 0 Å².